The second-order valence-electron chi connectivity index (χ2n) is 8.18. The molecule has 0 radical (unpaired) electrons. The van der Waals surface area contributed by atoms with Crippen molar-refractivity contribution in [3.05, 3.63) is 59.7 Å². The van der Waals surface area contributed by atoms with Crippen molar-refractivity contribution in [1.82, 2.24) is 9.80 Å². The normalized spacial score (nSPS) is 15.7. The largest absolute Gasteiger partial charge is 0.492 e. The number of amides is 2. The minimum absolute atomic E-state index is 0.0426. The van der Waals surface area contributed by atoms with E-state index in [4.69, 9.17) is 4.74 Å². The molecule has 3 rings (SSSR count). The Morgan fingerprint density at radius 3 is 2.69 bits per heavy atom. The summed E-state index contributed by atoms with van der Waals surface area (Å²) in [7, 11) is 3.93. The van der Waals surface area contributed by atoms with Crippen LogP contribution in [0.3, 0.4) is 0 Å². The SMILES string of the molecule is CCOc1ccccc1N1CC(C(=O)N(CCN(C)C)Cc2cccc(C#N)c2)CC1=O. The third-order valence-corrected chi connectivity index (χ3v) is 5.49. The Morgan fingerprint density at radius 1 is 1.19 bits per heavy atom. The van der Waals surface area contributed by atoms with Gasteiger partial charge in [-0.05, 0) is 50.8 Å². The zero-order valence-electron chi connectivity index (χ0n) is 19.0. The van der Waals surface area contributed by atoms with E-state index in [1.165, 1.54) is 0 Å². The Hall–Kier alpha value is -3.37. The standard InChI is InChI=1S/C25H30N4O3/c1-4-32-23-11-6-5-10-22(23)29-18-21(15-24(29)30)25(31)28(13-12-27(2)3)17-20-9-7-8-19(14-20)16-26/h5-11,14,21H,4,12-13,15,17-18H2,1-3H3. The highest BCUT2D eigenvalue weighted by Crippen LogP contribution is 2.33. The minimum Gasteiger partial charge on any atom is -0.492 e. The highest BCUT2D eigenvalue weighted by atomic mass is 16.5. The van der Waals surface area contributed by atoms with Crippen LogP contribution >= 0.6 is 0 Å². The molecule has 0 aromatic heterocycles. The van der Waals surface area contributed by atoms with E-state index in [-0.39, 0.29) is 18.2 Å². The van der Waals surface area contributed by atoms with Crippen LogP contribution in [0.2, 0.25) is 0 Å². The summed E-state index contributed by atoms with van der Waals surface area (Å²) in [5, 5.41) is 9.19. The molecule has 2 amide bonds. The molecule has 1 saturated heterocycles. The summed E-state index contributed by atoms with van der Waals surface area (Å²) >= 11 is 0. The van der Waals surface area contributed by atoms with Crippen LogP contribution in [-0.4, -0.2) is 62.0 Å². The summed E-state index contributed by atoms with van der Waals surface area (Å²) in [6, 6.07) is 16.9. The van der Waals surface area contributed by atoms with Crippen LogP contribution in [0.4, 0.5) is 5.69 Å². The van der Waals surface area contributed by atoms with Gasteiger partial charge >= 0.3 is 0 Å². The first-order valence-electron chi connectivity index (χ1n) is 10.9. The molecule has 1 fully saturated rings. The fourth-order valence-electron chi connectivity index (χ4n) is 3.87. The molecule has 7 nitrogen and oxygen atoms in total. The predicted molar refractivity (Wildman–Crippen MR) is 123 cm³/mol. The van der Waals surface area contributed by atoms with Gasteiger partial charge in [0, 0.05) is 32.6 Å². The molecule has 0 N–H and O–H groups in total. The first kappa shape index (κ1) is 23.3. The maximum Gasteiger partial charge on any atom is 0.228 e. The molecular weight excluding hydrogens is 404 g/mol. The molecule has 0 saturated carbocycles. The van der Waals surface area contributed by atoms with Gasteiger partial charge in [-0.2, -0.15) is 5.26 Å². The van der Waals surface area contributed by atoms with Crippen molar-refractivity contribution in [2.45, 2.75) is 19.9 Å². The van der Waals surface area contributed by atoms with Gasteiger partial charge in [0.15, 0.2) is 0 Å². The molecule has 1 atom stereocenters. The number of likely N-dealkylation sites (N-methyl/N-ethyl adjacent to an activating group) is 1. The van der Waals surface area contributed by atoms with E-state index >= 15 is 0 Å². The number of nitrogens with zero attached hydrogens (tertiary/aromatic N) is 4. The van der Waals surface area contributed by atoms with Gasteiger partial charge in [-0.3, -0.25) is 9.59 Å². The smallest absolute Gasteiger partial charge is 0.228 e. The lowest BCUT2D eigenvalue weighted by atomic mass is 10.1. The zero-order valence-corrected chi connectivity index (χ0v) is 19.0. The average Bonchev–Trinajstić information content (AvgIpc) is 3.18. The molecule has 0 spiro atoms. The van der Waals surface area contributed by atoms with E-state index in [1.54, 1.807) is 21.9 Å². The highest BCUT2D eigenvalue weighted by molar-refractivity contribution is 6.01. The maximum atomic E-state index is 13.5. The Morgan fingerprint density at radius 2 is 1.97 bits per heavy atom. The lowest BCUT2D eigenvalue weighted by Crippen LogP contribution is -2.40. The minimum atomic E-state index is -0.418. The second-order valence-corrected chi connectivity index (χ2v) is 8.18. The first-order chi connectivity index (χ1) is 15.4. The summed E-state index contributed by atoms with van der Waals surface area (Å²) in [5.41, 5.74) is 2.17. The number of hydrogen-bond acceptors (Lipinski definition) is 5. The van der Waals surface area contributed by atoms with Crippen molar-refractivity contribution in [3.8, 4) is 11.8 Å². The van der Waals surface area contributed by atoms with Crippen molar-refractivity contribution >= 4 is 17.5 Å². The van der Waals surface area contributed by atoms with Crippen LogP contribution in [0.15, 0.2) is 48.5 Å². The van der Waals surface area contributed by atoms with Gasteiger partial charge in [-0.15, -0.1) is 0 Å². The zero-order chi connectivity index (χ0) is 23.1. The van der Waals surface area contributed by atoms with Gasteiger partial charge in [-0.1, -0.05) is 24.3 Å². The Labute approximate surface area is 189 Å². The summed E-state index contributed by atoms with van der Waals surface area (Å²) in [6.45, 7) is 4.39. The van der Waals surface area contributed by atoms with Crippen LogP contribution in [0, 0.1) is 17.2 Å². The average molecular weight is 435 g/mol. The number of carbonyl (C=O) groups is 2. The van der Waals surface area contributed by atoms with Gasteiger partial charge in [0.1, 0.15) is 5.75 Å². The Kier molecular flexibility index (Phi) is 7.85. The van der Waals surface area contributed by atoms with Crippen LogP contribution in [-0.2, 0) is 16.1 Å². The van der Waals surface area contributed by atoms with Crippen molar-refractivity contribution in [3.63, 3.8) is 0 Å². The fraction of sp³-hybridized carbons (Fsp3) is 0.400. The van der Waals surface area contributed by atoms with E-state index in [1.807, 2.05) is 62.3 Å². The molecule has 1 heterocycles. The third-order valence-electron chi connectivity index (χ3n) is 5.49. The molecule has 7 heteroatoms. The molecule has 2 aromatic carbocycles. The summed E-state index contributed by atoms with van der Waals surface area (Å²) < 4.78 is 5.69. The fourth-order valence-corrected chi connectivity index (χ4v) is 3.87. The van der Waals surface area contributed by atoms with Crippen LogP contribution in [0.25, 0.3) is 0 Å². The van der Waals surface area contributed by atoms with E-state index in [2.05, 4.69) is 6.07 Å². The van der Waals surface area contributed by atoms with Crippen LogP contribution in [0.5, 0.6) is 5.75 Å². The molecule has 1 aliphatic rings. The van der Waals surface area contributed by atoms with Gasteiger partial charge in [0.05, 0.1) is 29.8 Å². The van der Waals surface area contributed by atoms with Gasteiger partial charge < -0.3 is 19.4 Å². The van der Waals surface area contributed by atoms with E-state index in [9.17, 15) is 14.9 Å². The van der Waals surface area contributed by atoms with E-state index < -0.39 is 5.92 Å². The van der Waals surface area contributed by atoms with Crippen LogP contribution < -0.4 is 9.64 Å². The quantitative estimate of drug-likeness (QED) is 0.607. The van der Waals surface area contributed by atoms with Gasteiger partial charge in [0.25, 0.3) is 0 Å². The lowest BCUT2D eigenvalue weighted by Gasteiger charge is -2.27. The van der Waals surface area contributed by atoms with Gasteiger partial charge in [-0.25, -0.2) is 0 Å². The maximum absolute atomic E-state index is 13.5. The van der Waals surface area contributed by atoms with Crippen LogP contribution in [0.1, 0.15) is 24.5 Å². The number of benzene rings is 2. The summed E-state index contributed by atoms with van der Waals surface area (Å²) in [4.78, 5) is 31.8. The molecule has 1 unspecified atom stereocenters. The molecule has 0 bridgehead atoms. The molecule has 0 aliphatic carbocycles. The summed E-state index contributed by atoms with van der Waals surface area (Å²) in [5.74, 6) is 0.112. The predicted octanol–water partition coefficient (Wildman–Crippen LogP) is 2.90. The number of carbonyl (C=O) groups excluding carboxylic acids is 2. The van der Waals surface area contributed by atoms with E-state index in [0.29, 0.717) is 49.8 Å². The number of hydrogen-bond donors (Lipinski definition) is 0. The van der Waals surface area contributed by atoms with Crippen molar-refractivity contribution in [2.75, 3.05) is 45.2 Å². The topological polar surface area (TPSA) is 76.9 Å². The monoisotopic (exact) mass is 434 g/mol. The molecule has 1 aliphatic heterocycles. The number of rotatable bonds is 9. The molecule has 168 valence electrons. The Bertz CT molecular complexity index is 999. The van der Waals surface area contributed by atoms with Gasteiger partial charge in [0.2, 0.25) is 11.8 Å². The number of ether oxygens (including phenoxy) is 1. The number of nitriles is 1. The third kappa shape index (κ3) is 5.65. The molecular formula is C25H30N4O3. The lowest BCUT2D eigenvalue weighted by molar-refractivity contribution is -0.136. The van der Waals surface area contributed by atoms with Crippen molar-refractivity contribution in [1.29, 1.82) is 5.26 Å². The van der Waals surface area contributed by atoms with Crippen molar-refractivity contribution in [2.24, 2.45) is 5.92 Å². The molecule has 32 heavy (non-hydrogen) atoms. The van der Waals surface area contributed by atoms with Crippen molar-refractivity contribution < 1.29 is 14.3 Å². The summed E-state index contributed by atoms with van der Waals surface area (Å²) in [6.07, 6.45) is 0.177. The first-order valence-corrected chi connectivity index (χ1v) is 10.9. The Balaban J connectivity index is 1.78. The second kappa shape index (κ2) is 10.8. The number of anilines is 1. The molecule has 2 aromatic rings. The number of para-hydroxylation sites is 2. The van der Waals surface area contributed by atoms with E-state index in [0.717, 1.165) is 5.56 Å². The highest BCUT2D eigenvalue weighted by Gasteiger charge is 2.38.